The molecule has 1 aliphatic heterocycles. The molecule has 18 heavy (non-hydrogen) atoms. The van der Waals surface area contributed by atoms with Crippen LogP contribution in [0.2, 0.25) is 0 Å². The Morgan fingerprint density at radius 1 is 1.44 bits per heavy atom. The first-order chi connectivity index (χ1) is 8.81. The minimum atomic E-state index is 0.431. The molecule has 0 saturated carbocycles. The molecule has 2 rings (SSSR count). The lowest BCUT2D eigenvalue weighted by molar-refractivity contribution is 0.0289. The van der Waals surface area contributed by atoms with Crippen molar-refractivity contribution in [2.24, 2.45) is 0 Å². The van der Waals surface area contributed by atoms with Crippen LogP contribution in [0, 0.1) is 0 Å². The van der Waals surface area contributed by atoms with Crippen molar-refractivity contribution in [3.8, 4) is 0 Å². The van der Waals surface area contributed by atoms with Crippen molar-refractivity contribution < 1.29 is 4.74 Å². The summed E-state index contributed by atoms with van der Waals surface area (Å²) in [5.41, 5.74) is 0. The summed E-state index contributed by atoms with van der Waals surface area (Å²) in [6.45, 7) is 7.55. The summed E-state index contributed by atoms with van der Waals surface area (Å²) in [5.74, 6) is 0. The highest BCUT2D eigenvalue weighted by Gasteiger charge is 2.19. The van der Waals surface area contributed by atoms with E-state index in [-0.39, 0.29) is 0 Å². The third-order valence-corrected chi connectivity index (χ3v) is 4.51. The van der Waals surface area contributed by atoms with Gasteiger partial charge in [0.25, 0.3) is 0 Å². The normalized spacial score (nSPS) is 21.3. The Kier molecular flexibility index (Phi) is 5.63. The lowest BCUT2D eigenvalue weighted by atomic mass is 10.1. The maximum Gasteiger partial charge on any atom is 0.0698 e. The van der Waals surface area contributed by atoms with Gasteiger partial charge in [-0.1, -0.05) is 6.92 Å². The van der Waals surface area contributed by atoms with Crippen LogP contribution in [0.3, 0.4) is 0 Å². The maximum atomic E-state index is 5.47. The number of nitrogens with zero attached hydrogens (tertiary/aromatic N) is 1. The van der Waals surface area contributed by atoms with Crippen LogP contribution in [0.4, 0.5) is 0 Å². The Labute approximate surface area is 114 Å². The standard InChI is InChI=1S/C14H24N2OS/c1-3-15-9-13-6-7-14(18-13)11-16-8-4-5-12(10-16)17-2/h6-7,12,15H,3-5,8-11H2,1-2H3. The largest absolute Gasteiger partial charge is 0.380 e. The molecule has 1 saturated heterocycles. The van der Waals surface area contributed by atoms with Crippen molar-refractivity contribution in [3.05, 3.63) is 21.9 Å². The Bertz CT molecular complexity index is 353. The fourth-order valence-electron chi connectivity index (χ4n) is 2.42. The molecule has 1 fully saturated rings. The molecule has 0 radical (unpaired) electrons. The number of methoxy groups -OCH3 is 1. The van der Waals surface area contributed by atoms with Crippen molar-refractivity contribution >= 4 is 11.3 Å². The number of thiophene rings is 1. The van der Waals surface area contributed by atoms with Crippen LogP contribution in [0.5, 0.6) is 0 Å². The predicted molar refractivity (Wildman–Crippen MR) is 77.0 cm³/mol. The average Bonchev–Trinajstić information content (AvgIpc) is 2.84. The van der Waals surface area contributed by atoms with Gasteiger partial charge < -0.3 is 10.1 Å². The van der Waals surface area contributed by atoms with Crippen LogP contribution < -0.4 is 5.32 Å². The molecule has 0 aromatic carbocycles. The predicted octanol–water partition coefficient (Wildman–Crippen LogP) is 2.47. The smallest absolute Gasteiger partial charge is 0.0698 e. The highest BCUT2D eigenvalue weighted by molar-refractivity contribution is 7.11. The van der Waals surface area contributed by atoms with Crippen molar-refractivity contribution in [1.29, 1.82) is 0 Å². The van der Waals surface area contributed by atoms with E-state index in [1.54, 1.807) is 0 Å². The molecule has 3 nitrogen and oxygen atoms in total. The van der Waals surface area contributed by atoms with E-state index in [4.69, 9.17) is 4.74 Å². The van der Waals surface area contributed by atoms with Gasteiger partial charge in [0.2, 0.25) is 0 Å². The molecule has 1 atom stereocenters. The van der Waals surface area contributed by atoms with Crippen LogP contribution in [0.15, 0.2) is 12.1 Å². The molecule has 0 spiro atoms. The van der Waals surface area contributed by atoms with Gasteiger partial charge in [-0.3, -0.25) is 4.90 Å². The molecule has 4 heteroatoms. The van der Waals surface area contributed by atoms with Gasteiger partial charge >= 0.3 is 0 Å². The molecule has 2 heterocycles. The third-order valence-electron chi connectivity index (χ3n) is 3.44. The lowest BCUT2D eigenvalue weighted by Gasteiger charge is -2.31. The number of nitrogens with one attached hydrogen (secondary N) is 1. The lowest BCUT2D eigenvalue weighted by Crippen LogP contribution is -2.38. The second-order valence-electron chi connectivity index (χ2n) is 4.88. The molecule has 1 aromatic heterocycles. The summed E-state index contributed by atoms with van der Waals surface area (Å²) in [7, 11) is 1.83. The van der Waals surface area contributed by atoms with Gasteiger partial charge in [0, 0.05) is 36.5 Å². The van der Waals surface area contributed by atoms with Gasteiger partial charge in [-0.15, -0.1) is 11.3 Å². The van der Waals surface area contributed by atoms with Crippen molar-refractivity contribution in [2.45, 2.75) is 39.0 Å². The number of piperidine rings is 1. The fraction of sp³-hybridized carbons (Fsp3) is 0.714. The molecule has 1 unspecified atom stereocenters. The quantitative estimate of drug-likeness (QED) is 0.858. The molecule has 0 amide bonds. The summed E-state index contributed by atoms with van der Waals surface area (Å²) in [6.07, 6.45) is 2.90. The first kappa shape index (κ1) is 14.0. The SMILES string of the molecule is CCNCc1ccc(CN2CCCC(OC)C2)s1. The molecular formula is C14H24N2OS. The number of likely N-dealkylation sites (tertiary alicyclic amines) is 1. The van der Waals surface area contributed by atoms with Gasteiger partial charge in [0.15, 0.2) is 0 Å². The van der Waals surface area contributed by atoms with E-state index < -0.39 is 0 Å². The zero-order valence-electron chi connectivity index (χ0n) is 11.4. The highest BCUT2D eigenvalue weighted by Crippen LogP contribution is 2.21. The van der Waals surface area contributed by atoms with Crippen molar-refractivity contribution in [2.75, 3.05) is 26.7 Å². The van der Waals surface area contributed by atoms with Crippen LogP contribution >= 0.6 is 11.3 Å². The molecule has 0 aliphatic carbocycles. The van der Waals surface area contributed by atoms with E-state index >= 15 is 0 Å². The first-order valence-corrected chi connectivity index (χ1v) is 7.67. The fourth-order valence-corrected chi connectivity index (χ4v) is 3.45. The van der Waals surface area contributed by atoms with Crippen LogP contribution in [0.1, 0.15) is 29.5 Å². The molecule has 1 aliphatic rings. The molecule has 0 bridgehead atoms. The van der Waals surface area contributed by atoms with E-state index in [9.17, 15) is 0 Å². The van der Waals surface area contributed by atoms with Gasteiger partial charge in [-0.25, -0.2) is 0 Å². The Balaban J connectivity index is 1.83. The average molecular weight is 268 g/mol. The number of ether oxygens (including phenoxy) is 1. The summed E-state index contributed by atoms with van der Waals surface area (Å²) in [4.78, 5) is 5.42. The summed E-state index contributed by atoms with van der Waals surface area (Å²) < 4.78 is 5.47. The van der Waals surface area contributed by atoms with Gasteiger partial charge in [0.05, 0.1) is 6.10 Å². The second kappa shape index (κ2) is 7.24. The zero-order valence-corrected chi connectivity index (χ0v) is 12.3. The van der Waals surface area contributed by atoms with Crippen molar-refractivity contribution in [1.82, 2.24) is 10.2 Å². The summed E-state index contributed by atoms with van der Waals surface area (Å²) in [5, 5.41) is 3.37. The molecule has 1 N–H and O–H groups in total. The first-order valence-electron chi connectivity index (χ1n) is 6.85. The summed E-state index contributed by atoms with van der Waals surface area (Å²) >= 11 is 1.93. The van der Waals surface area contributed by atoms with E-state index in [1.165, 1.54) is 29.1 Å². The van der Waals surface area contributed by atoms with Crippen LogP contribution in [0.25, 0.3) is 0 Å². The second-order valence-corrected chi connectivity index (χ2v) is 6.14. The zero-order chi connectivity index (χ0) is 12.8. The number of hydrogen-bond acceptors (Lipinski definition) is 4. The minimum absolute atomic E-state index is 0.431. The van der Waals surface area contributed by atoms with E-state index in [0.29, 0.717) is 6.10 Å². The summed E-state index contributed by atoms with van der Waals surface area (Å²) in [6, 6.07) is 4.52. The minimum Gasteiger partial charge on any atom is -0.380 e. The molecule has 102 valence electrons. The monoisotopic (exact) mass is 268 g/mol. The van der Waals surface area contributed by atoms with Gasteiger partial charge in [-0.05, 0) is 38.1 Å². The van der Waals surface area contributed by atoms with E-state index in [2.05, 4.69) is 29.3 Å². The number of hydrogen-bond donors (Lipinski definition) is 1. The van der Waals surface area contributed by atoms with Crippen LogP contribution in [-0.4, -0.2) is 37.7 Å². The molecule has 1 aromatic rings. The van der Waals surface area contributed by atoms with Gasteiger partial charge in [0.1, 0.15) is 0 Å². The van der Waals surface area contributed by atoms with E-state index in [1.807, 2.05) is 18.4 Å². The Morgan fingerprint density at radius 2 is 2.28 bits per heavy atom. The van der Waals surface area contributed by atoms with Crippen LogP contribution in [-0.2, 0) is 17.8 Å². The molecular weight excluding hydrogens is 244 g/mol. The highest BCUT2D eigenvalue weighted by atomic mass is 32.1. The van der Waals surface area contributed by atoms with E-state index in [0.717, 1.165) is 26.2 Å². The topological polar surface area (TPSA) is 24.5 Å². The van der Waals surface area contributed by atoms with Gasteiger partial charge in [-0.2, -0.15) is 0 Å². The third kappa shape index (κ3) is 4.05. The Morgan fingerprint density at radius 3 is 3.06 bits per heavy atom. The Hall–Kier alpha value is -0.420. The number of rotatable bonds is 6. The van der Waals surface area contributed by atoms with Crippen molar-refractivity contribution in [3.63, 3.8) is 0 Å². The maximum absolute atomic E-state index is 5.47.